The third-order valence-corrected chi connectivity index (χ3v) is 10.00. The highest BCUT2D eigenvalue weighted by molar-refractivity contribution is 7.90. The number of sulfone groups is 1. The van der Waals surface area contributed by atoms with Gasteiger partial charge in [-0.25, -0.2) is 8.42 Å². The summed E-state index contributed by atoms with van der Waals surface area (Å²) in [6, 6.07) is 10.2. The van der Waals surface area contributed by atoms with Gasteiger partial charge in [0, 0.05) is 42.0 Å². The number of nitrogens with one attached hydrogen (secondary N) is 1. The molecule has 0 aliphatic carbocycles. The van der Waals surface area contributed by atoms with Crippen molar-refractivity contribution in [3.05, 3.63) is 59.1 Å². The van der Waals surface area contributed by atoms with Crippen LogP contribution in [0.25, 0.3) is 11.1 Å². The van der Waals surface area contributed by atoms with E-state index in [1.54, 1.807) is 0 Å². The number of piperidine rings is 1. The molecule has 2 aliphatic rings. The van der Waals surface area contributed by atoms with Crippen molar-refractivity contribution >= 4 is 39.2 Å². The molecular weight excluding hydrogens is 635 g/mol. The van der Waals surface area contributed by atoms with Crippen LogP contribution < -0.4 is 20.7 Å². The molecule has 15 heteroatoms. The molecule has 4 N–H and O–H groups in total. The molecule has 2 fully saturated rings. The second-order valence-corrected chi connectivity index (χ2v) is 14.0. The molecule has 3 atom stereocenters. The monoisotopic (exact) mass is 667 g/mol. The Bertz CT molecular complexity index is 1700. The summed E-state index contributed by atoms with van der Waals surface area (Å²) < 4.78 is 73.8. The van der Waals surface area contributed by atoms with Crippen LogP contribution in [0.2, 0.25) is 5.02 Å². The molecule has 2 saturated heterocycles. The number of anilines is 2. The Labute approximate surface area is 263 Å². The highest BCUT2D eigenvalue weighted by Gasteiger charge is 2.50. The van der Waals surface area contributed by atoms with Crippen molar-refractivity contribution in [3.8, 4) is 17.0 Å². The maximum atomic E-state index is 14.7. The Balaban J connectivity index is 1.44. The number of nitrogens with zero attached hydrogens (tertiary/aromatic N) is 3. The first kappa shape index (κ1) is 32.8. The summed E-state index contributed by atoms with van der Waals surface area (Å²) in [5, 5.41) is 12.8. The number of carboxylic acid groups (broad SMARTS) is 1. The number of rotatable bonds is 8. The van der Waals surface area contributed by atoms with E-state index in [4.69, 9.17) is 22.1 Å². The van der Waals surface area contributed by atoms with Gasteiger partial charge in [0.15, 0.2) is 9.84 Å². The number of nitrogen functional groups attached to an aromatic ring is 1. The van der Waals surface area contributed by atoms with E-state index < -0.39 is 40.0 Å². The van der Waals surface area contributed by atoms with Crippen LogP contribution in [0.1, 0.15) is 44.3 Å². The molecule has 10 nitrogen and oxygen atoms in total. The van der Waals surface area contributed by atoms with Gasteiger partial charge in [0.05, 0.1) is 4.90 Å². The zero-order valence-electron chi connectivity index (χ0n) is 24.5. The number of carbonyl (C=O) groups is 1. The number of alkyl halides is 3. The van der Waals surface area contributed by atoms with Crippen molar-refractivity contribution in [3.63, 3.8) is 0 Å². The van der Waals surface area contributed by atoms with Gasteiger partial charge in [0.1, 0.15) is 11.9 Å². The van der Waals surface area contributed by atoms with Gasteiger partial charge >= 0.3 is 12.1 Å². The van der Waals surface area contributed by atoms with Crippen molar-refractivity contribution in [1.82, 2.24) is 15.3 Å². The van der Waals surface area contributed by atoms with Gasteiger partial charge in [-0.3, -0.25) is 4.79 Å². The Hall–Kier alpha value is -3.62. The lowest BCUT2D eigenvalue weighted by molar-refractivity contribution is -0.198. The zero-order chi connectivity index (χ0) is 32.7. The number of benzene rings is 2. The molecule has 2 aromatic carbocycles. The Morgan fingerprint density at radius 2 is 1.91 bits per heavy atom. The van der Waals surface area contributed by atoms with Crippen molar-refractivity contribution in [2.75, 3.05) is 30.0 Å². The van der Waals surface area contributed by atoms with Crippen LogP contribution in [0.15, 0.2) is 53.4 Å². The highest BCUT2D eigenvalue weighted by atomic mass is 35.5. The van der Waals surface area contributed by atoms with E-state index in [1.165, 1.54) is 42.5 Å². The van der Waals surface area contributed by atoms with Crippen molar-refractivity contribution in [2.24, 2.45) is 5.41 Å². The Morgan fingerprint density at radius 3 is 2.53 bits per heavy atom. The van der Waals surface area contributed by atoms with Gasteiger partial charge < -0.3 is 25.8 Å². The van der Waals surface area contributed by atoms with Crippen LogP contribution in [0.3, 0.4) is 0 Å². The number of halogens is 4. The minimum Gasteiger partial charge on any atom is -0.480 e. The summed E-state index contributed by atoms with van der Waals surface area (Å²) in [5.74, 6) is -1.29. The molecule has 45 heavy (non-hydrogen) atoms. The zero-order valence-corrected chi connectivity index (χ0v) is 26.1. The van der Waals surface area contributed by atoms with E-state index in [9.17, 15) is 31.5 Å². The standard InChI is InChI=1S/C30H33ClF3N5O5S/c1-3-23-29(16-22(36-23)27(40)41)9-11-39(12-10-29)24-15-25(38-28(35)37-24)44-26(30(32,33)34)21-14-18(31)7-8-20(21)17-5-4-6-19(13-17)45(2,42)43/h4-8,13-15,22-23,26,36H,3,9-12,16H2,1-2H3,(H,40,41)(H2,35,37,38)/t22?,23?,26-/m1/s1. The quantitative estimate of drug-likeness (QED) is 0.290. The fourth-order valence-electron chi connectivity index (χ4n) is 6.46. The summed E-state index contributed by atoms with van der Waals surface area (Å²) in [6.45, 7) is 2.98. The number of hydrogen-bond acceptors (Lipinski definition) is 9. The predicted octanol–water partition coefficient (Wildman–Crippen LogP) is 5.28. The molecule has 3 heterocycles. The third kappa shape index (κ3) is 6.97. The van der Waals surface area contributed by atoms with Crippen molar-refractivity contribution in [2.45, 2.75) is 61.9 Å². The first-order valence-electron chi connectivity index (χ1n) is 14.3. The lowest BCUT2D eigenvalue weighted by atomic mass is 9.71. The van der Waals surface area contributed by atoms with Gasteiger partial charge in [-0.15, -0.1) is 0 Å². The van der Waals surface area contributed by atoms with E-state index >= 15 is 0 Å². The molecule has 5 rings (SSSR count). The largest absolute Gasteiger partial charge is 0.480 e. The number of hydrogen-bond donors (Lipinski definition) is 3. The van der Waals surface area contributed by atoms with Crippen molar-refractivity contribution < 1.29 is 36.2 Å². The molecule has 3 aromatic rings. The summed E-state index contributed by atoms with van der Waals surface area (Å²) in [4.78, 5) is 21.7. The summed E-state index contributed by atoms with van der Waals surface area (Å²) in [7, 11) is -3.64. The Kier molecular flexibility index (Phi) is 8.95. The van der Waals surface area contributed by atoms with Crippen LogP contribution in [-0.2, 0) is 14.6 Å². The fraction of sp³-hybridized carbons (Fsp3) is 0.433. The normalized spacial score (nSPS) is 20.7. The minimum absolute atomic E-state index is 0.0212. The van der Waals surface area contributed by atoms with E-state index in [1.807, 2.05) is 11.8 Å². The minimum atomic E-state index is -4.93. The van der Waals surface area contributed by atoms with E-state index in [-0.39, 0.29) is 49.8 Å². The maximum Gasteiger partial charge on any atom is 0.429 e. The smallest absolute Gasteiger partial charge is 0.429 e. The molecule has 0 saturated carbocycles. The molecule has 0 bridgehead atoms. The maximum absolute atomic E-state index is 14.7. The van der Waals surface area contributed by atoms with Crippen LogP contribution in [0.4, 0.5) is 24.9 Å². The molecule has 0 amide bonds. The van der Waals surface area contributed by atoms with Crippen LogP contribution in [0.5, 0.6) is 5.88 Å². The average molecular weight is 668 g/mol. The highest BCUT2D eigenvalue weighted by Crippen LogP contribution is 2.46. The second kappa shape index (κ2) is 12.3. The summed E-state index contributed by atoms with van der Waals surface area (Å²) in [5.41, 5.74) is 5.68. The van der Waals surface area contributed by atoms with Gasteiger partial charge in [0.2, 0.25) is 17.9 Å². The molecular formula is C30H33ClF3N5O5S. The summed E-state index contributed by atoms with van der Waals surface area (Å²) >= 11 is 6.15. The molecule has 0 radical (unpaired) electrons. The van der Waals surface area contributed by atoms with E-state index in [2.05, 4.69) is 15.3 Å². The Morgan fingerprint density at radius 1 is 1.20 bits per heavy atom. The second-order valence-electron chi connectivity index (χ2n) is 11.6. The van der Waals surface area contributed by atoms with Gasteiger partial charge in [-0.05, 0) is 66.5 Å². The topological polar surface area (TPSA) is 148 Å². The van der Waals surface area contributed by atoms with Gasteiger partial charge in [0.25, 0.3) is 0 Å². The van der Waals surface area contributed by atoms with E-state index in [0.29, 0.717) is 32.4 Å². The molecule has 1 aromatic heterocycles. The van der Waals surface area contributed by atoms with Crippen molar-refractivity contribution in [1.29, 1.82) is 0 Å². The number of aromatic nitrogens is 2. The SMILES string of the molecule is CCC1NC(C(=O)O)CC12CCN(c1cc(O[C@H](c3cc(Cl)ccc3-c3cccc(S(C)(=O)=O)c3)C(F)(F)F)nc(N)n1)CC2. The molecule has 2 aliphatic heterocycles. The predicted molar refractivity (Wildman–Crippen MR) is 163 cm³/mol. The van der Waals surface area contributed by atoms with Gasteiger partial charge in [-0.2, -0.15) is 23.1 Å². The molecule has 2 unspecified atom stereocenters. The first-order chi connectivity index (χ1) is 21.1. The lowest BCUT2D eigenvalue weighted by Crippen LogP contribution is -2.46. The molecule has 242 valence electrons. The number of carboxylic acids is 1. The average Bonchev–Trinajstić information content (AvgIpc) is 3.33. The summed E-state index contributed by atoms with van der Waals surface area (Å²) in [6.07, 6.45) is -3.88. The first-order valence-corrected chi connectivity index (χ1v) is 16.6. The van der Waals surface area contributed by atoms with Gasteiger partial charge in [-0.1, -0.05) is 36.7 Å². The lowest BCUT2D eigenvalue weighted by Gasteiger charge is -2.43. The molecule has 1 spiro atoms. The fourth-order valence-corrected chi connectivity index (χ4v) is 7.31. The number of aliphatic carboxylic acids is 1. The van der Waals surface area contributed by atoms with E-state index in [0.717, 1.165) is 18.7 Å². The van der Waals surface area contributed by atoms with Crippen LogP contribution in [-0.4, -0.2) is 67.1 Å². The van der Waals surface area contributed by atoms with Crippen LogP contribution in [0, 0.1) is 5.41 Å². The number of nitrogens with two attached hydrogens (primary N) is 1. The number of ether oxygens (including phenoxy) is 1. The van der Waals surface area contributed by atoms with Crippen LogP contribution >= 0.6 is 11.6 Å². The third-order valence-electron chi connectivity index (χ3n) is 8.65.